The molecule has 1 aliphatic rings. The Morgan fingerprint density at radius 2 is 1.90 bits per heavy atom. The van der Waals surface area contributed by atoms with Gasteiger partial charge < -0.3 is 15.5 Å². The van der Waals surface area contributed by atoms with Crippen LogP contribution in [0, 0.1) is 0 Å². The summed E-state index contributed by atoms with van der Waals surface area (Å²) in [6.07, 6.45) is 4.57. The van der Waals surface area contributed by atoms with Gasteiger partial charge in [-0.25, -0.2) is 0 Å². The summed E-state index contributed by atoms with van der Waals surface area (Å²) in [5.74, 6) is 0.217. The van der Waals surface area contributed by atoms with E-state index in [1.807, 2.05) is 18.9 Å². The summed E-state index contributed by atoms with van der Waals surface area (Å²) in [5, 5.41) is 6.12. The highest BCUT2D eigenvalue weighted by Gasteiger charge is 2.21. The van der Waals surface area contributed by atoms with Crippen molar-refractivity contribution < 1.29 is 9.59 Å². The van der Waals surface area contributed by atoms with E-state index in [-0.39, 0.29) is 24.2 Å². The molecule has 1 aliphatic heterocycles. The second kappa shape index (κ2) is 10.9. The lowest BCUT2D eigenvalue weighted by Gasteiger charge is -2.31. The Labute approximate surface area is 128 Å². The Hall–Kier alpha value is -0.810. The monoisotopic (exact) mass is 305 g/mol. The summed E-state index contributed by atoms with van der Waals surface area (Å²) in [5.41, 5.74) is 0. The number of amides is 2. The number of nitrogens with one attached hydrogen (secondary N) is 2. The molecule has 6 heteroatoms. The Morgan fingerprint density at radius 1 is 1.25 bits per heavy atom. The van der Waals surface area contributed by atoms with Gasteiger partial charge >= 0.3 is 0 Å². The number of hydrogen-bond donors (Lipinski definition) is 2. The topological polar surface area (TPSA) is 61.4 Å². The molecular weight excluding hydrogens is 278 g/mol. The average molecular weight is 306 g/mol. The fourth-order valence-electron chi connectivity index (χ4n) is 2.33. The highest BCUT2D eigenvalue weighted by Crippen LogP contribution is 2.12. The van der Waals surface area contributed by atoms with Gasteiger partial charge in [-0.15, -0.1) is 12.4 Å². The molecule has 0 aromatic rings. The second-order valence-corrected chi connectivity index (χ2v) is 5.19. The maximum Gasteiger partial charge on any atom is 0.222 e. The van der Waals surface area contributed by atoms with Crippen LogP contribution in [0.25, 0.3) is 0 Å². The van der Waals surface area contributed by atoms with Crippen LogP contribution in [0.3, 0.4) is 0 Å². The molecule has 0 aromatic carbocycles. The number of piperidine rings is 1. The molecular formula is C14H28ClN3O2. The van der Waals surface area contributed by atoms with Crippen molar-refractivity contribution in [3.63, 3.8) is 0 Å². The van der Waals surface area contributed by atoms with Crippen molar-refractivity contribution in [1.82, 2.24) is 15.5 Å². The van der Waals surface area contributed by atoms with E-state index in [4.69, 9.17) is 0 Å². The fraction of sp³-hybridized carbons (Fsp3) is 0.857. The Bertz CT molecular complexity index is 294. The first-order chi connectivity index (χ1) is 9.15. The van der Waals surface area contributed by atoms with Gasteiger partial charge in [0, 0.05) is 32.5 Å². The largest absolute Gasteiger partial charge is 0.356 e. The summed E-state index contributed by atoms with van der Waals surface area (Å²) in [7, 11) is 1.88. The summed E-state index contributed by atoms with van der Waals surface area (Å²) in [6.45, 7) is 4.73. The van der Waals surface area contributed by atoms with Gasteiger partial charge in [0.2, 0.25) is 11.8 Å². The van der Waals surface area contributed by atoms with Crippen LogP contribution in [0.2, 0.25) is 0 Å². The maximum atomic E-state index is 12.0. The van der Waals surface area contributed by atoms with Crippen molar-refractivity contribution in [3.8, 4) is 0 Å². The zero-order chi connectivity index (χ0) is 14.1. The SMILES string of the molecule is CCCNC(=O)CCCC(=O)N(C)C1CCNCC1.Cl. The molecule has 1 saturated heterocycles. The lowest BCUT2D eigenvalue weighted by Crippen LogP contribution is -2.43. The lowest BCUT2D eigenvalue weighted by atomic mass is 10.0. The molecule has 0 aromatic heterocycles. The van der Waals surface area contributed by atoms with Crippen LogP contribution in [0.4, 0.5) is 0 Å². The molecule has 2 N–H and O–H groups in total. The molecule has 0 saturated carbocycles. The molecule has 5 nitrogen and oxygen atoms in total. The molecule has 0 unspecified atom stereocenters. The van der Waals surface area contributed by atoms with Crippen molar-refractivity contribution in [2.24, 2.45) is 0 Å². The summed E-state index contributed by atoms with van der Waals surface area (Å²) < 4.78 is 0. The van der Waals surface area contributed by atoms with Crippen LogP contribution in [-0.2, 0) is 9.59 Å². The van der Waals surface area contributed by atoms with Crippen LogP contribution < -0.4 is 10.6 Å². The van der Waals surface area contributed by atoms with Gasteiger partial charge in [-0.1, -0.05) is 6.92 Å². The van der Waals surface area contributed by atoms with Gasteiger partial charge in [-0.3, -0.25) is 9.59 Å². The summed E-state index contributed by atoms with van der Waals surface area (Å²) in [4.78, 5) is 25.3. The van der Waals surface area contributed by atoms with Crippen molar-refractivity contribution in [1.29, 1.82) is 0 Å². The number of hydrogen-bond acceptors (Lipinski definition) is 3. The Balaban J connectivity index is 0.00000361. The second-order valence-electron chi connectivity index (χ2n) is 5.19. The fourth-order valence-corrected chi connectivity index (χ4v) is 2.33. The van der Waals surface area contributed by atoms with Gasteiger partial charge in [0.15, 0.2) is 0 Å². The number of nitrogens with zero attached hydrogens (tertiary/aromatic N) is 1. The molecule has 1 heterocycles. The summed E-state index contributed by atoms with van der Waals surface area (Å²) >= 11 is 0. The molecule has 0 bridgehead atoms. The third-order valence-electron chi connectivity index (χ3n) is 3.62. The van der Waals surface area contributed by atoms with Gasteiger partial charge in [0.1, 0.15) is 0 Å². The van der Waals surface area contributed by atoms with E-state index in [1.165, 1.54) is 0 Å². The standard InChI is InChI=1S/C14H27N3O2.ClH/c1-3-9-16-13(18)5-4-6-14(19)17(2)12-7-10-15-11-8-12;/h12,15H,3-11H2,1-2H3,(H,16,18);1H. The van der Waals surface area contributed by atoms with E-state index >= 15 is 0 Å². The zero-order valence-corrected chi connectivity index (χ0v) is 13.4. The van der Waals surface area contributed by atoms with Crippen LogP contribution in [0.1, 0.15) is 45.4 Å². The molecule has 2 amide bonds. The van der Waals surface area contributed by atoms with Crippen LogP contribution in [-0.4, -0.2) is 49.4 Å². The zero-order valence-electron chi connectivity index (χ0n) is 12.6. The summed E-state index contributed by atoms with van der Waals surface area (Å²) in [6, 6.07) is 0.364. The van der Waals surface area contributed by atoms with E-state index in [9.17, 15) is 9.59 Å². The van der Waals surface area contributed by atoms with E-state index in [0.717, 1.165) is 38.9 Å². The van der Waals surface area contributed by atoms with Crippen molar-refractivity contribution in [2.45, 2.75) is 51.5 Å². The quantitative estimate of drug-likeness (QED) is 0.745. The minimum absolute atomic E-state index is 0. The first-order valence-electron chi connectivity index (χ1n) is 7.38. The first-order valence-corrected chi connectivity index (χ1v) is 7.38. The van der Waals surface area contributed by atoms with Crippen molar-refractivity contribution in [2.75, 3.05) is 26.7 Å². The molecule has 1 rings (SSSR count). The third-order valence-corrected chi connectivity index (χ3v) is 3.62. The normalized spacial score (nSPS) is 15.3. The smallest absolute Gasteiger partial charge is 0.222 e. The van der Waals surface area contributed by atoms with Crippen LogP contribution >= 0.6 is 12.4 Å². The molecule has 1 fully saturated rings. The van der Waals surface area contributed by atoms with E-state index < -0.39 is 0 Å². The lowest BCUT2D eigenvalue weighted by molar-refractivity contribution is -0.132. The van der Waals surface area contributed by atoms with E-state index in [1.54, 1.807) is 0 Å². The molecule has 0 aliphatic carbocycles. The highest BCUT2D eigenvalue weighted by atomic mass is 35.5. The van der Waals surface area contributed by atoms with E-state index in [2.05, 4.69) is 10.6 Å². The number of carbonyl (C=O) groups is 2. The third kappa shape index (κ3) is 7.10. The molecule has 0 atom stereocenters. The van der Waals surface area contributed by atoms with Crippen molar-refractivity contribution in [3.05, 3.63) is 0 Å². The maximum absolute atomic E-state index is 12.0. The Kier molecular flexibility index (Phi) is 10.5. The average Bonchev–Trinajstić information content (AvgIpc) is 2.45. The molecule has 0 spiro atoms. The molecule has 20 heavy (non-hydrogen) atoms. The van der Waals surface area contributed by atoms with Gasteiger partial charge in [0.25, 0.3) is 0 Å². The Morgan fingerprint density at radius 3 is 2.50 bits per heavy atom. The van der Waals surface area contributed by atoms with Gasteiger partial charge in [-0.05, 0) is 38.8 Å². The highest BCUT2D eigenvalue weighted by molar-refractivity contribution is 5.85. The molecule has 0 radical (unpaired) electrons. The predicted molar refractivity (Wildman–Crippen MR) is 83.1 cm³/mol. The first kappa shape index (κ1) is 19.2. The van der Waals surface area contributed by atoms with Gasteiger partial charge in [-0.2, -0.15) is 0 Å². The van der Waals surface area contributed by atoms with Crippen LogP contribution in [0.5, 0.6) is 0 Å². The predicted octanol–water partition coefficient (Wildman–Crippen LogP) is 1.32. The number of rotatable bonds is 7. The van der Waals surface area contributed by atoms with Gasteiger partial charge in [0.05, 0.1) is 0 Å². The minimum atomic E-state index is 0. The number of carbonyl (C=O) groups excluding carboxylic acids is 2. The number of halogens is 1. The minimum Gasteiger partial charge on any atom is -0.356 e. The van der Waals surface area contributed by atoms with E-state index in [0.29, 0.717) is 25.3 Å². The van der Waals surface area contributed by atoms with Crippen molar-refractivity contribution >= 4 is 24.2 Å². The van der Waals surface area contributed by atoms with Crippen LogP contribution in [0.15, 0.2) is 0 Å². The molecule has 118 valence electrons.